The van der Waals surface area contributed by atoms with Gasteiger partial charge in [0.2, 0.25) is 5.91 Å². The van der Waals surface area contributed by atoms with Crippen molar-refractivity contribution in [3.8, 4) is 11.5 Å². The number of carbonyl (C=O) groups is 2. The summed E-state index contributed by atoms with van der Waals surface area (Å²) in [6, 6.07) is 5.47. The molecule has 1 aliphatic rings. The lowest BCUT2D eigenvalue weighted by Crippen LogP contribution is -2.34. The van der Waals surface area contributed by atoms with Crippen molar-refractivity contribution in [2.24, 2.45) is 0 Å². The molecule has 0 unspecified atom stereocenters. The summed E-state index contributed by atoms with van der Waals surface area (Å²) in [4.78, 5) is 31.3. The second-order valence-corrected chi connectivity index (χ2v) is 7.28. The van der Waals surface area contributed by atoms with Crippen molar-refractivity contribution < 1.29 is 23.8 Å². The molecule has 0 aliphatic carbocycles. The first-order valence-corrected chi connectivity index (χ1v) is 9.97. The van der Waals surface area contributed by atoms with E-state index < -0.39 is 6.09 Å². The Kier molecular flexibility index (Phi) is 6.71. The van der Waals surface area contributed by atoms with Gasteiger partial charge in [-0.15, -0.1) is 0 Å². The van der Waals surface area contributed by atoms with Gasteiger partial charge in [-0.05, 0) is 30.7 Å². The predicted molar refractivity (Wildman–Crippen MR) is 110 cm³/mol. The van der Waals surface area contributed by atoms with E-state index in [0.717, 1.165) is 16.1 Å². The van der Waals surface area contributed by atoms with Gasteiger partial charge in [-0.3, -0.25) is 10.1 Å². The van der Waals surface area contributed by atoms with Crippen LogP contribution in [0.3, 0.4) is 0 Å². The maximum atomic E-state index is 12.6. The minimum atomic E-state index is -0.524. The van der Waals surface area contributed by atoms with E-state index in [-0.39, 0.29) is 5.91 Å². The number of benzene rings is 1. The van der Waals surface area contributed by atoms with Crippen LogP contribution in [0, 0.1) is 0 Å². The van der Waals surface area contributed by atoms with Gasteiger partial charge in [-0.2, -0.15) is 0 Å². The maximum absolute atomic E-state index is 12.6. The number of rotatable bonds is 6. The second kappa shape index (κ2) is 9.42. The fourth-order valence-electron chi connectivity index (χ4n) is 2.92. The number of anilines is 1. The van der Waals surface area contributed by atoms with E-state index in [1.807, 2.05) is 12.1 Å². The highest BCUT2D eigenvalue weighted by Gasteiger charge is 2.23. The molecule has 1 aromatic heterocycles. The molecule has 0 saturated carbocycles. The molecule has 29 heavy (non-hydrogen) atoms. The Morgan fingerprint density at radius 3 is 2.79 bits per heavy atom. The summed E-state index contributed by atoms with van der Waals surface area (Å²) >= 11 is 1.36. The van der Waals surface area contributed by atoms with Crippen molar-refractivity contribution >= 4 is 34.5 Å². The minimum absolute atomic E-state index is 0.0845. The van der Waals surface area contributed by atoms with Crippen LogP contribution >= 0.6 is 11.3 Å². The van der Waals surface area contributed by atoms with Crippen LogP contribution in [0.2, 0.25) is 0 Å². The van der Waals surface area contributed by atoms with Crippen molar-refractivity contribution in [3.63, 3.8) is 0 Å². The average molecular weight is 417 g/mol. The number of aromatic nitrogens is 1. The normalized spacial score (nSPS) is 13.1. The van der Waals surface area contributed by atoms with Crippen LogP contribution in [0.15, 0.2) is 24.3 Å². The van der Waals surface area contributed by atoms with Crippen molar-refractivity contribution in [2.75, 3.05) is 32.7 Å². The summed E-state index contributed by atoms with van der Waals surface area (Å²) in [6.07, 6.45) is 3.42. The topological polar surface area (TPSA) is 90.0 Å². The number of carbonyl (C=O) groups excluding carboxylic acids is 2. The Hall–Kier alpha value is -3.07. The van der Waals surface area contributed by atoms with Crippen LogP contribution in [-0.4, -0.2) is 49.3 Å². The zero-order chi connectivity index (χ0) is 20.8. The van der Waals surface area contributed by atoms with Crippen LogP contribution in [-0.2, 0) is 22.5 Å². The van der Waals surface area contributed by atoms with Gasteiger partial charge in [0.15, 0.2) is 16.6 Å². The Bertz CT molecular complexity index is 925. The first kappa shape index (κ1) is 20.7. The zero-order valence-corrected chi connectivity index (χ0v) is 17.4. The molecule has 9 heteroatoms. The molecule has 1 aliphatic heterocycles. The molecule has 1 N–H and O–H groups in total. The summed E-state index contributed by atoms with van der Waals surface area (Å²) in [5, 5.41) is 3.11. The molecule has 0 spiro atoms. The highest BCUT2D eigenvalue weighted by molar-refractivity contribution is 7.15. The van der Waals surface area contributed by atoms with Crippen LogP contribution < -0.4 is 14.8 Å². The summed E-state index contributed by atoms with van der Waals surface area (Å²) in [5.74, 6) is 1.16. The second-order valence-electron chi connectivity index (χ2n) is 6.19. The lowest BCUT2D eigenvalue weighted by Gasteiger charge is -2.24. The molecule has 1 aromatic carbocycles. The van der Waals surface area contributed by atoms with Crippen molar-refractivity contribution in [3.05, 3.63) is 40.4 Å². The van der Waals surface area contributed by atoms with Gasteiger partial charge in [0.05, 0.1) is 33.1 Å². The fourth-order valence-corrected chi connectivity index (χ4v) is 3.93. The van der Waals surface area contributed by atoms with E-state index in [0.29, 0.717) is 42.7 Å². The monoisotopic (exact) mass is 417 g/mol. The molecule has 0 fully saturated rings. The van der Waals surface area contributed by atoms with Crippen molar-refractivity contribution in [1.29, 1.82) is 0 Å². The molecule has 0 saturated heterocycles. The number of hydrogen-bond acceptors (Lipinski definition) is 7. The third kappa shape index (κ3) is 5.05. The Morgan fingerprint density at radius 2 is 2.07 bits per heavy atom. The largest absolute Gasteiger partial charge is 0.493 e. The van der Waals surface area contributed by atoms with Gasteiger partial charge in [-0.25, -0.2) is 9.78 Å². The van der Waals surface area contributed by atoms with Gasteiger partial charge in [-0.1, -0.05) is 17.4 Å². The molecule has 0 radical (unpaired) electrons. The van der Waals surface area contributed by atoms with E-state index in [9.17, 15) is 9.59 Å². The number of hydrogen-bond donors (Lipinski definition) is 1. The van der Waals surface area contributed by atoms with Crippen LogP contribution in [0.5, 0.6) is 11.5 Å². The molecule has 8 nitrogen and oxygen atoms in total. The lowest BCUT2D eigenvalue weighted by atomic mass is 10.1. The molecule has 154 valence electrons. The van der Waals surface area contributed by atoms with E-state index in [2.05, 4.69) is 10.3 Å². The smallest absolute Gasteiger partial charge is 0.413 e. The third-order valence-corrected chi connectivity index (χ3v) is 5.35. The van der Waals surface area contributed by atoms with Gasteiger partial charge in [0.25, 0.3) is 0 Å². The Morgan fingerprint density at radius 1 is 1.28 bits per heavy atom. The molecule has 3 rings (SSSR count). The van der Waals surface area contributed by atoms with Crippen molar-refractivity contribution in [1.82, 2.24) is 9.88 Å². The Labute approximate surface area is 173 Å². The van der Waals surface area contributed by atoms with Gasteiger partial charge < -0.3 is 19.1 Å². The summed E-state index contributed by atoms with van der Waals surface area (Å²) < 4.78 is 15.4. The van der Waals surface area contributed by atoms with Gasteiger partial charge in [0, 0.05) is 23.9 Å². The number of amides is 2. The molecule has 2 heterocycles. The molecule has 2 amide bonds. The first-order valence-electron chi connectivity index (χ1n) is 9.15. The van der Waals surface area contributed by atoms with Gasteiger partial charge >= 0.3 is 6.09 Å². The maximum Gasteiger partial charge on any atom is 0.413 e. The average Bonchev–Trinajstić information content (AvgIpc) is 3.13. The number of thiazole rings is 1. The minimum Gasteiger partial charge on any atom is -0.493 e. The summed E-state index contributed by atoms with van der Waals surface area (Å²) in [6.45, 7) is 3.08. The predicted octanol–water partition coefficient (Wildman–Crippen LogP) is 3.33. The van der Waals surface area contributed by atoms with E-state index >= 15 is 0 Å². The van der Waals surface area contributed by atoms with E-state index in [1.54, 1.807) is 44.3 Å². The SMILES string of the molecule is CCOC(=O)Nc1nc2c(s1)CN(C(=O)/C=C/c1ccc(OC)c(OC)c1)CC2. The number of methoxy groups -OCH3 is 2. The molecular formula is C20H23N3O5S. The van der Waals surface area contributed by atoms with Gasteiger partial charge in [0.1, 0.15) is 0 Å². The Balaban J connectivity index is 1.64. The van der Waals surface area contributed by atoms with E-state index in [1.165, 1.54) is 11.3 Å². The lowest BCUT2D eigenvalue weighted by molar-refractivity contribution is -0.126. The highest BCUT2D eigenvalue weighted by Crippen LogP contribution is 2.29. The number of ether oxygens (including phenoxy) is 3. The highest BCUT2D eigenvalue weighted by atomic mass is 32.1. The zero-order valence-electron chi connectivity index (χ0n) is 16.6. The summed E-state index contributed by atoms with van der Waals surface area (Å²) in [7, 11) is 3.15. The molecule has 0 atom stereocenters. The number of nitrogens with zero attached hydrogens (tertiary/aromatic N) is 2. The van der Waals surface area contributed by atoms with Crippen LogP contribution in [0.1, 0.15) is 23.1 Å². The fraction of sp³-hybridized carbons (Fsp3) is 0.350. The van der Waals surface area contributed by atoms with Crippen LogP contribution in [0.4, 0.5) is 9.93 Å². The number of fused-ring (bicyclic) bond motifs is 1. The molecule has 0 bridgehead atoms. The van der Waals surface area contributed by atoms with E-state index in [4.69, 9.17) is 14.2 Å². The molecule has 2 aromatic rings. The molecular weight excluding hydrogens is 394 g/mol. The van der Waals surface area contributed by atoms with Crippen LogP contribution in [0.25, 0.3) is 6.08 Å². The quantitative estimate of drug-likeness (QED) is 0.725. The first-order chi connectivity index (χ1) is 14.0. The number of nitrogens with one attached hydrogen (secondary N) is 1. The standard InChI is InChI=1S/C20H23N3O5S/c1-4-28-20(25)22-19-21-14-9-10-23(12-17(14)29-19)18(24)8-6-13-5-7-15(26-2)16(11-13)27-3/h5-8,11H,4,9-10,12H2,1-3H3,(H,21,22,25)/b8-6+. The third-order valence-electron chi connectivity index (χ3n) is 4.35. The summed E-state index contributed by atoms with van der Waals surface area (Å²) in [5.41, 5.74) is 1.75. The van der Waals surface area contributed by atoms with Crippen molar-refractivity contribution in [2.45, 2.75) is 19.9 Å².